The van der Waals surface area contributed by atoms with E-state index in [0.717, 1.165) is 25.4 Å². The number of hydrogen-bond acceptors (Lipinski definition) is 5. The van der Waals surface area contributed by atoms with E-state index in [1.165, 1.54) is 25.7 Å². The maximum atomic E-state index is 13.3. The highest BCUT2D eigenvalue weighted by Gasteiger charge is 2.30. The van der Waals surface area contributed by atoms with Crippen LogP contribution in [-0.4, -0.2) is 74.2 Å². The Morgan fingerprint density at radius 3 is 2.62 bits per heavy atom. The lowest BCUT2D eigenvalue weighted by atomic mass is 9.99. The first-order valence-electron chi connectivity index (χ1n) is 12.9. The first-order chi connectivity index (χ1) is 16.3. The number of fused-ring (bicyclic) bond motifs is 1. The lowest BCUT2D eigenvalue weighted by Crippen LogP contribution is -2.47. The first kappa shape index (κ1) is 26.5. The molecule has 0 unspecified atom stereocenters. The van der Waals surface area contributed by atoms with Gasteiger partial charge in [-0.3, -0.25) is 14.5 Å². The molecule has 34 heavy (non-hydrogen) atoms. The number of carbonyl (C=O) groups excluding carboxylic acids is 2. The van der Waals surface area contributed by atoms with Crippen LogP contribution in [0.2, 0.25) is 0 Å². The number of rotatable bonds is 6. The van der Waals surface area contributed by atoms with Gasteiger partial charge in [0, 0.05) is 58.0 Å². The second-order valence-electron chi connectivity index (χ2n) is 10.2. The minimum absolute atomic E-state index is 0.0351. The molecule has 0 saturated heterocycles. The number of likely N-dealkylation sites (N-methyl/N-ethyl adjacent to an activating group) is 1. The van der Waals surface area contributed by atoms with Crippen LogP contribution in [0.25, 0.3) is 0 Å². The van der Waals surface area contributed by atoms with Crippen molar-refractivity contribution >= 4 is 17.5 Å². The molecule has 0 spiro atoms. The van der Waals surface area contributed by atoms with E-state index in [1.54, 1.807) is 30.2 Å². The number of anilines is 1. The van der Waals surface area contributed by atoms with Crippen molar-refractivity contribution in [1.82, 2.24) is 9.80 Å². The number of hydrogen-bond donors (Lipinski definition) is 1. The number of nitrogens with one attached hydrogen (secondary N) is 1. The Kier molecular flexibility index (Phi) is 9.77. The monoisotopic (exact) mass is 473 g/mol. The zero-order valence-electron chi connectivity index (χ0n) is 21.6. The number of methoxy groups -OCH3 is 1. The zero-order valence-corrected chi connectivity index (χ0v) is 21.6. The van der Waals surface area contributed by atoms with E-state index in [-0.39, 0.29) is 29.9 Å². The summed E-state index contributed by atoms with van der Waals surface area (Å²) in [5.74, 6) is 1.39. The van der Waals surface area contributed by atoms with E-state index in [9.17, 15) is 9.59 Å². The molecule has 1 heterocycles. The highest BCUT2D eigenvalue weighted by atomic mass is 16.5. The summed E-state index contributed by atoms with van der Waals surface area (Å²) >= 11 is 0. The van der Waals surface area contributed by atoms with E-state index < -0.39 is 0 Å². The summed E-state index contributed by atoms with van der Waals surface area (Å²) in [4.78, 5) is 29.7. The van der Waals surface area contributed by atoms with Gasteiger partial charge in [0.1, 0.15) is 12.4 Å². The summed E-state index contributed by atoms with van der Waals surface area (Å²) in [5.41, 5.74) is 1.16. The third-order valence-corrected chi connectivity index (χ3v) is 7.30. The molecule has 0 radical (unpaired) electrons. The maximum absolute atomic E-state index is 13.3. The van der Waals surface area contributed by atoms with Gasteiger partial charge in [0.15, 0.2) is 0 Å². The summed E-state index contributed by atoms with van der Waals surface area (Å²) < 4.78 is 12.1. The van der Waals surface area contributed by atoms with Crippen LogP contribution in [0, 0.1) is 11.8 Å². The van der Waals surface area contributed by atoms with E-state index in [1.807, 2.05) is 14.0 Å². The van der Waals surface area contributed by atoms with Crippen LogP contribution in [0.5, 0.6) is 5.75 Å². The highest BCUT2D eigenvalue weighted by Crippen LogP contribution is 2.29. The number of ether oxygens (including phenoxy) is 2. The fraction of sp³-hybridized carbons (Fsp3) is 0.704. The van der Waals surface area contributed by atoms with Gasteiger partial charge in [-0.15, -0.1) is 0 Å². The molecule has 0 aromatic heterocycles. The quantitative estimate of drug-likeness (QED) is 0.662. The Bertz CT molecular complexity index is 824. The summed E-state index contributed by atoms with van der Waals surface area (Å²) in [5, 5.41) is 2.92. The average Bonchev–Trinajstić information content (AvgIpc) is 3.32. The van der Waals surface area contributed by atoms with Crippen molar-refractivity contribution in [2.75, 3.05) is 45.7 Å². The average molecular weight is 474 g/mol. The van der Waals surface area contributed by atoms with Gasteiger partial charge in [0.2, 0.25) is 5.91 Å². The van der Waals surface area contributed by atoms with Crippen LogP contribution < -0.4 is 10.1 Å². The van der Waals surface area contributed by atoms with Crippen LogP contribution in [0.4, 0.5) is 5.69 Å². The second-order valence-corrected chi connectivity index (χ2v) is 10.2. The van der Waals surface area contributed by atoms with Crippen molar-refractivity contribution in [2.24, 2.45) is 11.8 Å². The molecule has 1 saturated carbocycles. The maximum Gasteiger partial charge on any atom is 0.257 e. The molecule has 2 aliphatic rings. The third kappa shape index (κ3) is 6.95. The summed E-state index contributed by atoms with van der Waals surface area (Å²) in [7, 11) is 3.55. The molecule has 7 heteroatoms. The van der Waals surface area contributed by atoms with Crippen LogP contribution in [0.3, 0.4) is 0 Å². The van der Waals surface area contributed by atoms with E-state index >= 15 is 0 Å². The van der Waals surface area contributed by atoms with Gasteiger partial charge in [0.05, 0.1) is 11.7 Å². The number of amides is 2. The molecule has 2 amide bonds. The Balaban J connectivity index is 1.88. The summed E-state index contributed by atoms with van der Waals surface area (Å²) in [6, 6.07) is 5.51. The summed E-state index contributed by atoms with van der Waals surface area (Å²) in [6.45, 7) is 9.36. The topological polar surface area (TPSA) is 71.1 Å². The fourth-order valence-electron chi connectivity index (χ4n) is 5.15. The molecule has 3 rings (SSSR count). The molecule has 3 atom stereocenters. The van der Waals surface area contributed by atoms with Crippen LogP contribution in [-0.2, 0) is 9.53 Å². The minimum Gasteiger partial charge on any atom is -0.491 e. The lowest BCUT2D eigenvalue weighted by Gasteiger charge is -2.37. The first-order valence-corrected chi connectivity index (χ1v) is 12.9. The lowest BCUT2D eigenvalue weighted by molar-refractivity contribution is -0.116. The molecule has 1 aliphatic heterocycles. The highest BCUT2D eigenvalue weighted by molar-refractivity contribution is 5.98. The van der Waals surface area contributed by atoms with Gasteiger partial charge in [-0.2, -0.15) is 0 Å². The number of carbonyl (C=O) groups is 2. The van der Waals surface area contributed by atoms with Gasteiger partial charge >= 0.3 is 0 Å². The molecular formula is C27H43N3O4. The smallest absolute Gasteiger partial charge is 0.257 e. The third-order valence-electron chi connectivity index (χ3n) is 7.30. The summed E-state index contributed by atoms with van der Waals surface area (Å²) in [6.07, 6.45) is 6.44. The predicted molar refractivity (Wildman–Crippen MR) is 135 cm³/mol. The largest absolute Gasteiger partial charge is 0.491 e. The normalized spacial score (nSPS) is 25.3. The van der Waals surface area contributed by atoms with Gasteiger partial charge < -0.3 is 19.7 Å². The van der Waals surface area contributed by atoms with Gasteiger partial charge in [-0.05, 0) is 50.2 Å². The van der Waals surface area contributed by atoms with Crippen molar-refractivity contribution in [2.45, 2.75) is 71.4 Å². The molecule has 1 aliphatic carbocycles. The molecular weight excluding hydrogens is 430 g/mol. The van der Waals surface area contributed by atoms with Crippen LogP contribution >= 0.6 is 0 Å². The van der Waals surface area contributed by atoms with Gasteiger partial charge in [-0.1, -0.05) is 26.7 Å². The molecule has 7 nitrogen and oxygen atoms in total. The van der Waals surface area contributed by atoms with Gasteiger partial charge in [0.25, 0.3) is 5.91 Å². The molecule has 0 bridgehead atoms. The van der Waals surface area contributed by atoms with Crippen molar-refractivity contribution < 1.29 is 19.1 Å². The number of nitrogens with zero attached hydrogens (tertiary/aromatic N) is 2. The van der Waals surface area contributed by atoms with E-state index in [0.29, 0.717) is 36.6 Å². The molecule has 1 aromatic rings. The van der Waals surface area contributed by atoms with Crippen molar-refractivity contribution in [3.8, 4) is 5.75 Å². The second kappa shape index (κ2) is 12.5. The fourth-order valence-corrected chi connectivity index (χ4v) is 5.15. The predicted octanol–water partition coefficient (Wildman–Crippen LogP) is 4.42. The molecule has 1 aromatic carbocycles. The molecule has 1 fully saturated rings. The Morgan fingerprint density at radius 2 is 1.94 bits per heavy atom. The Labute approximate surface area is 205 Å². The SMILES string of the molecule is CCCC(=O)Nc1ccc2c(c1)OC[C@H](C)N(CC1CCCC1)C[C@H](C)[C@@H](OC)CN(C)C2=O. The van der Waals surface area contributed by atoms with Crippen molar-refractivity contribution in [1.29, 1.82) is 0 Å². The van der Waals surface area contributed by atoms with E-state index in [4.69, 9.17) is 9.47 Å². The zero-order chi connectivity index (χ0) is 24.7. The minimum atomic E-state index is -0.105. The van der Waals surface area contributed by atoms with Gasteiger partial charge in [-0.25, -0.2) is 0 Å². The van der Waals surface area contributed by atoms with Crippen LogP contribution in [0.1, 0.15) is 69.7 Å². The Morgan fingerprint density at radius 1 is 1.21 bits per heavy atom. The standard InChI is InChI=1S/C27H43N3O4/c1-6-9-26(31)28-22-12-13-23-24(14-22)34-18-20(3)30(16-21-10-7-8-11-21)15-19(2)25(33-5)17-29(4)27(23)32/h12-14,19-21,25H,6-11,15-18H2,1-5H3,(H,28,31)/t19-,20-,25-/m0/s1. The Hall–Kier alpha value is -2.12. The van der Waals surface area contributed by atoms with Crippen molar-refractivity contribution in [3.05, 3.63) is 23.8 Å². The molecule has 190 valence electrons. The molecule has 1 N–H and O–H groups in total. The van der Waals surface area contributed by atoms with E-state index in [2.05, 4.69) is 24.1 Å². The van der Waals surface area contributed by atoms with Crippen molar-refractivity contribution in [3.63, 3.8) is 0 Å². The number of benzene rings is 1. The van der Waals surface area contributed by atoms with Crippen LogP contribution in [0.15, 0.2) is 18.2 Å².